The molecule has 5 aliphatic rings. The first-order valence-electron chi connectivity index (χ1n) is 25.7. The standard InChI is InChI=1S/C58H66FN7O3/c1-62-54-36-51(53(59)35-52(54)57(61-62)66-29-26-55(67)60-58(66)68)42-24-27-63(28-25-42)37-45-14-8-9-15-46(45)38-64-30-32-65(33-31-64)47-19-16-43(17-20-47)56-49(41-12-6-3-7-13-41)22-18-44-34-48(21-23-50(44)56)69-39-40-10-4-2-5-11-40/h2-7,10-13,16-17,19-21,23,34-36,42,45-46,49,56H,8-9,14-15,18,22,24-33,37-39H2,1H3,(H,60,67,68)/t45-,46-,49+,56-/m0/s1. The summed E-state index contributed by atoms with van der Waals surface area (Å²) < 4.78 is 23.9. The lowest BCUT2D eigenvalue weighted by molar-refractivity contribution is -0.120. The summed E-state index contributed by atoms with van der Waals surface area (Å²) in [5.74, 6) is 3.05. The van der Waals surface area contributed by atoms with Crippen LogP contribution in [-0.4, -0.2) is 90.4 Å². The van der Waals surface area contributed by atoms with E-state index in [4.69, 9.17) is 4.74 Å². The number of aryl methyl sites for hydroxylation is 2. The first-order valence-corrected chi connectivity index (χ1v) is 25.7. The second-order valence-corrected chi connectivity index (χ2v) is 20.5. The van der Waals surface area contributed by atoms with Gasteiger partial charge in [0.25, 0.3) is 0 Å². The summed E-state index contributed by atoms with van der Waals surface area (Å²) in [5, 5.41) is 7.55. The Labute approximate surface area is 406 Å². The Morgan fingerprint density at radius 3 is 2.09 bits per heavy atom. The lowest BCUT2D eigenvalue weighted by Crippen LogP contribution is -2.49. The number of likely N-dealkylation sites (tertiary alicyclic amines) is 1. The average Bonchev–Trinajstić information content (AvgIpc) is 3.70. The van der Waals surface area contributed by atoms with Gasteiger partial charge < -0.3 is 14.5 Å². The number of rotatable bonds is 12. The van der Waals surface area contributed by atoms with Crippen molar-refractivity contribution in [2.45, 2.75) is 82.1 Å². The monoisotopic (exact) mass is 928 g/mol. The van der Waals surface area contributed by atoms with E-state index in [0.29, 0.717) is 35.6 Å². The van der Waals surface area contributed by atoms with E-state index in [2.05, 4.69) is 122 Å². The second-order valence-electron chi connectivity index (χ2n) is 20.5. The highest BCUT2D eigenvalue weighted by atomic mass is 19.1. The molecule has 11 heteroatoms. The van der Waals surface area contributed by atoms with Gasteiger partial charge in [-0.1, -0.05) is 91.7 Å². The number of urea groups is 1. The van der Waals surface area contributed by atoms with Gasteiger partial charge in [0.05, 0.1) is 5.52 Å². The number of carbonyl (C=O) groups excluding carboxylic acids is 2. The van der Waals surface area contributed by atoms with Crippen molar-refractivity contribution >= 4 is 34.3 Å². The van der Waals surface area contributed by atoms with Gasteiger partial charge in [0.15, 0.2) is 5.82 Å². The van der Waals surface area contributed by atoms with Crippen molar-refractivity contribution in [3.05, 3.63) is 154 Å². The van der Waals surface area contributed by atoms with Crippen molar-refractivity contribution in [2.24, 2.45) is 18.9 Å². The van der Waals surface area contributed by atoms with Crippen molar-refractivity contribution in [1.29, 1.82) is 0 Å². The van der Waals surface area contributed by atoms with Crippen LogP contribution < -0.4 is 19.9 Å². The Balaban J connectivity index is 0.693. The number of piperazine rings is 1. The molecule has 4 atom stereocenters. The van der Waals surface area contributed by atoms with Crippen LogP contribution in [0.4, 0.5) is 20.7 Å². The predicted molar refractivity (Wildman–Crippen MR) is 272 cm³/mol. The number of anilines is 2. The number of piperidine rings is 1. The normalized spacial score (nSPS) is 23.0. The molecule has 1 saturated carbocycles. The van der Waals surface area contributed by atoms with Crippen molar-refractivity contribution in [3.63, 3.8) is 0 Å². The Morgan fingerprint density at radius 1 is 0.681 bits per heavy atom. The summed E-state index contributed by atoms with van der Waals surface area (Å²) in [5.41, 5.74) is 9.68. The maximum atomic E-state index is 15.9. The van der Waals surface area contributed by atoms with Gasteiger partial charge in [0.2, 0.25) is 5.91 Å². The fraction of sp³-hybridized carbons (Fsp3) is 0.431. The van der Waals surface area contributed by atoms with Crippen LogP contribution in [0, 0.1) is 17.7 Å². The van der Waals surface area contributed by atoms with Crippen LogP contribution in [0.15, 0.2) is 115 Å². The summed E-state index contributed by atoms with van der Waals surface area (Å²) >= 11 is 0. The summed E-state index contributed by atoms with van der Waals surface area (Å²) in [6.45, 7) is 9.36. The third-order valence-electron chi connectivity index (χ3n) is 16.4. The Bertz CT molecular complexity index is 2750. The molecule has 1 N–H and O–H groups in total. The molecule has 3 saturated heterocycles. The van der Waals surface area contributed by atoms with E-state index in [0.717, 1.165) is 88.3 Å². The number of nitrogens with one attached hydrogen (secondary N) is 1. The molecule has 3 aliphatic heterocycles. The van der Waals surface area contributed by atoms with Gasteiger partial charge in [0, 0.05) is 76.3 Å². The van der Waals surface area contributed by atoms with Crippen LogP contribution in [0.25, 0.3) is 10.9 Å². The molecule has 0 bridgehead atoms. The number of amides is 3. The van der Waals surface area contributed by atoms with E-state index >= 15 is 4.39 Å². The lowest BCUT2D eigenvalue weighted by atomic mass is 9.69. The Morgan fingerprint density at radius 2 is 1.38 bits per heavy atom. The minimum absolute atomic E-state index is 0.143. The van der Waals surface area contributed by atoms with Gasteiger partial charge in [0.1, 0.15) is 18.2 Å². The van der Waals surface area contributed by atoms with Crippen molar-refractivity contribution in [2.75, 3.05) is 68.7 Å². The van der Waals surface area contributed by atoms with E-state index in [1.54, 1.807) is 10.7 Å². The van der Waals surface area contributed by atoms with E-state index in [-0.39, 0.29) is 36.5 Å². The first kappa shape index (κ1) is 45.4. The van der Waals surface area contributed by atoms with E-state index in [1.165, 1.54) is 70.6 Å². The van der Waals surface area contributed by atoms with Gasteiger partial charge in [-0.15, -0.1) is 0 Å². The molecule has 0 radical (unpaired) electrons. The molecule has 10 nitrogen and oxygen atoms in total. The molecule has 4 heterocycles. The number of carbonyl (C=O) groups is 2. The summed E-state index contributed by atoms with van der Waals surface area (Å²) in [6.07, 6.45) is 9.46. The highest BCUT2D eigenvalue weighted by molar-refractivity contribution is 6.08. The highest BCUT2D eigenvalue weighted by Crippen LogP contribution is 2.47. The predicted octanol–water partition coefficient (Wildman–Crippen LogP) is 10.4. The van der Waals surface area contributed by atoms with Crippen LogP contribution in [0.3, 0.4) is 0 Å². The number of halogens is 1. The van der Waals surface area contributed by atoms with Crippen molar-refractivity contribution in [1.82, 2.24) is 24.9 Å². The number of fused-ring (bicyclic) bond motifs is 2. The summed E-state index contributed by atoms with van der Waals surface area (Å²) in [7, 11) is 1.83. The van der Waals surface area contributed by atoms with Crippen LogP contribution >= 0.6 is 0 Å². The molecule has 5 aromatic carbocycles. The van der Waals surface area contributed by atoms with E-state index in [9.17, 15) is 9.59 Å². The maximum Gasteiger partial charge on any atom is 0.329 e. The molecular formula is C58H66FN7O3. The zero-order chi connectivity index (χ0) is 46.8. The quantitative estimate of drug-likeness (QED) is 0.131. The summed E-state index contributed by atoms with van der Waals surface area (Å²) in [4.78, 5) is 33.8. The minimum atomic E-state index is -0.511. The first-order chi connectivity index (χ1) is 33.8. The highest BCUT2D eigenvalue weighted by Gasteiger charge is 2.35. The summed E-state index contributed by atoms with van der Waals surface area (Å²) in [6, 6.07) is 40.9. The molecule has 358 valence electrons. The fourth-order valence-electron chi connectivity index (χ4n) is 12.6. The minimum Gasteiger partial charge on any atom is -0.489 e. The number of hydrogen-bond acceptors (Lipinski definition) is 7. The number of ether oxygens (including phenoxy) is 1. The fourth-order valence-corrected chi connectivity index (χ4v) is 12.6. The number of imide groups is 1. The van der Waals surface area contributed by atoms with Gasteiger partial charge in [-0.2, -0.15) is 5.10 Å². The Hall–Kier alpha value is -6.04. The van der Waals surface area contributed by atoms with Gasteiger partial charge in [-0.05, 0) is 145 Å². The number of benzene rings is 5. The molecule has 6 aromatic rings. The third kappa shape index (κ3) is 9.77. The van der Waals surface area contributed by atoms with Crippen molar-refractivity contribution < 1.29 is 18.7 Å². The average molecular weight is 928 g/mol. The second kappa shape index (κ2) is 20.1. The molecular weight excluding hydrogens is 862 g/mol. The zero-order valence-electron chi connectivity index (χ0n) is 40.1. The molecule has 11 rings (SSSR count). The lowest BCUT2D eigenvalue weighted by Gasteiger charge is -2.42. The maximum absolute atomic E-state index is 15.9. The van der Waals surface area contributed by atoms with Crippen LogP contribution in [-0.2, 0) is 24.9 Å². The molecule has 1 aromatic heterocycles. The Kier molecular flexibility index (Phi) is 13.2. The smallest absolute Gasteiger partial charge is 0.329 e. The molecule has 4 fully saturated rings. The van der Waals surface area contributed by atoms with Gasteiger partial charge in [-0.3, -0.25) is 24.6 Å². The van der Waals surface area contributed by atoms with E-state index in [1.807, 2.05) is 19.2 Å². The van der Waals surface area contributed by atoms with Crippen LogP contribution in [0.2, 0.25) is 0 Å². The number of nitrogens with zero attached hydrogens (tertiary/aromatic N) is 6. The van der Waals surface area contributed by atoms with Crippen LogP contribution in [0.1, 0.15) is 103 Å². The van der Waals surface area contributed by atoms with Gasteiger partial charge >= 0.3 is 6.03 Å². The molecule has 3 amide bonds. The molecule has 0 unspecified atom stereocenters. The van der Waals surface area contributed by atoms with Crippen molar-refractivity contribution in [3.8, 4) is 5.75 Å². The number of aromatic nitrogens is 2. The zero-order valence-corrected chi connectivity index (χ0v) is 40.1. The van der Waals surface area contributed by atoms with Gasteiger partial charge in [-0.25, -0.2) is 9.18 Å². The number of hydrogen-bond donors (Lipinski definition) is 1. The SMILES string of the molecule is Cn1nc(N2CCC(=O)NC2=O)c2cc(F)c(C3CCN(C[C@@H]4CCCC[C@H]4CN4CCN(c5ccc([C@@H]6c7ccc(OCc8ccccc8)cc7CC[C@@H]6c6ccccc6)cc5)CC4)CC3)cc21. The molecule has 0 spiro atoms. The third-order valence-corrected chi connectivity index (χ3v) is 16.4. The largest absolute Gasteiger partial charge is 0.489 e. The topological polar surface area (TPSA) is 86.2 Å². The van der Waals surface area contributed by atoms with Crippen LogP contribution in [0.5, 0.6) is 5.75 Å². The molecule has 69 heavy (non-hydrogen) atoms. The molecule has 2 aliphatic carbocycles. The van der Waals surface area contributed by atoms with E-state index < -0.39 is 6.03 Å².